The molecule has 3 aliphatic rings. The third kappa shape index (κ3) is 2.62. The molecule has 1 aromatic rings. The molecule has 1 aromatic heterocycles. The minimum absolute atomic E-state index is 0.0187. The number of nitrogen functional groups attached to an aromatic ring is 1. The highest BCUT2D eigenvalue weighted by atomic mass is 32.2. The fraction of sp³-hybridized carbons (Fsp3) is 0.636. The molecule has 3 aliphatic heterocycles. The SMILES string of the molecule is NNc1ncc(S(=O)(=O)NC2CN3CCC2CC3)cn1. The van der Waals surface area contributed by atoms with Gasteiger partial charge in [0.05, 0.1) is 12.4 Å². The number of sulfonamides is 1. The first-order valence-electron chi connectivity index (χ1n) is 6.62. The molecule has 1 atom stereocenters. The summed E-state index contributed by atoms with van der Waals surface area (Å²) in [5, 5.41) is 0. The summed E-state index contributed by atoms with van der Waals surface area (Å²) in [6, 6.07) is -0.0187. The van der Waals surface area contributed by atoms with E-state index in [0.717, 1.165) is 32.5 Å². The number of nitrogens with one attached hydrogen (secondary N) is 2. The third-order valence-electron chi connectivity index (χ3n) is 4.03. The number of nitrogens with two attached hydrogens (primary N) is 1. The zero-order valence-electron chi connectivity index (χ0n) is 11.0. The number of hydrogen-bond acceptors (Lipinski definition) is 7. The van der Waals surface area contributed by atoms with Gasteiger partial charge in [-0.05, 0) is 31.8 Å². The molecule has 0 radical (unpaired) electrons. The van der Waals surface area contributed by atoms with Crippen molar-refractivity contribution in [2.75, 3.05) is 25.1 Å². The summed E-state index contributed by atoms with van der Waals surface area (Å²) in [4.78, 5) is 10.0. The van der Waals surface area contributed by atoms with Crippen LogP contribution in [0.25, 0.3) is 0 Å². The van der Waals surface area contributed by atoms with Gasteiger partial charge in [-0.25, -0.2) is 29.0 Å². The van der Waals surface area contributed by atoms with E-state index in [2.05, 4.69) is 25.0 Å². The second-order valence-corrected chi connectivity index (χ2v) is 6.97. The standard InChI is InChI=1S/C11H18N6O2S/c12-15-11-13-5-9(6-14-11)20(18,19)16-10-7-17-3-1-8(10)2-4-17/h5-6,8,10,16H,1-4,7,12H2,(H,13,14,15). The van der Waals surface area contributed by atoms with Crippen molar-refractivity contribution in [2.45, 2.75) is 23.8 Å². The molecule has 0 amide bonds. The van der Waals surface area contributed by atoms with Crippen LogP contribution in [0, 0.1) is 5.92 Å². The van der Waals surface area contributed by atoms with Gasteiger partial charge in [-0.3, -0.25) is 5.43 Å². The Balaban J connectivity index is 1.74. The molecule has 20 heavy (non-hydrogen) atoms. The summed E-state index contributed by atoms with van der Waals surface area (Å²) in [5.41, 5.74) is 2.26. The van der Waals surface area contributed by atoms with Crippen LogP contribution < -0.4 is 16.0 Å². The highest BCUT2D eigenvalue weighted by molar-refractivity contribution is 7.89. The molecule has 110 valence electrons. The maximum absolute atomic E-state index is 12.3. The minimum Gasteiger partial charge on any atom is -0.302 e. The number of rotatable bonds is 4. The quantitative estimate of drug-likeness (QED) is 0.489. The van der Waals surface area contributed by atoms with E-state index in [-0.39, 0.29) is 16.9 Å². The Kier molecular flexibility index (Phi) is 3.59. The summed E-state index contributed by atoms with van der Waals surface area (Å²) in [6.07, 6.45) is 4.62. The highest BCUT2D eigenvalue weighted by Gasteiger charge is 2.36. The zero-order valence-corrected chi connectivity index (χ0v) is 11.8. The van der Waals surface area contributed by atoms with Gasteiger partial charge >= 0.3 is 0 Å². The number of fused-ring (bicyclic) bond motifs is 3. The fourth-order valence-corrected chi connectivity index (χ4v) is 4.08. The van der Waals surface area contributed by atoms with E-state index in [1.165, 1.54) is 12.4 Å². The van der Waals surface area contributed by atoms with E-state index < -0.39 is 10.0 Å². The van der Waals surface area contributed by atoms with Gasteiger partial charge in [0.1, 0.15) is 4.90 Å². The minimum atomic E-state index is -3.58. The summed E-state index contributed by atoms with van der Waals surface area (Å²) < 4.78 is 27.4. The first-order chi connectivity index (χ1) is 9.58. The number of anilines is 1. The van der Waals surface area contributed by atoms with Crippen molar-refractivity contribution in [1.29, 1.82) is 0 Å². The molecule has 4 N–H and O–H groups in total. The molecule has 0 aromatic carbocycles. The van der Waals surface area contributed by atoms with E-state index in [9.17, 15) is 8.42 Å². The van der Waals surface area contributed by atoms with Crippen LogP contribution in [-0.2, 0) is 10.0 Å². The van der Waals surface area contributed by atoms with Crippen molar-refractivity contribution in [1.82, 2.24) is 19.6 Å². The lowest BCUT2D eigenvalue weighted by Crippen LogP contribution is -2.57. The summed E-state index contributed by atoms with van der Waals surface area (Å²) >= 11 is 0. The predicted octanol–water partition coefficient (Wildman–Crippen LogP) is -0.865. The number of hydrazine groups is 1. The van der Waals surface area contributed by atoms with Crippen molar-refractivity contribution in [3.63, 3.8) is 0 Å². The van der Waals surface area contributed by atoms with E-state index in [0.29, 0.717) is 5.92 Å². The Labute approximate surface area is 117 Å². The van der Waals surface area contributed by atoms with Crippen molar-refractivity contribution in [2.24, 2.45) is 11.8 Å². The highest BCUT2D eigenvalue weighted by Crippen LogP contribution is 2.28. The van der Waals surface area contributed by atoms with Crippen LogP contribution in [-0.4, -0.2) is 49.0 Å². The molecule has 4 rings (SSSR count). The van der Waals surface area contributed by atoms with Gasteiger partial charge in [0.15, 0.2) is 0 Å². The smallest absolute Gasteiger partial charge is 0.243 e. The third-order valence-corrected chi connectivity index (χ3v) is 5.47. The normalized spacial score (nSPS) is 29.4. The monoisotopic (exact) mass is 298 g/mol. The van der Waals surface area contributed by atoms with Crippen LogP contribution in [0.5, 0.6) is 0 Å². The lowest BCUT2D eigenvalue weighted by atomic mass is 9.85. The molecule has 9 heteroatoms. The Hall–Kier alpha value is -1.29. The first-order valence-corrected chi connectivity index (χ1v) is 8.10. The number of piperidine rings is 3. The molecule has 0 saturated carbocycles. The molecule has 2 bridgehead atoms. The maximum Gasteiger partial charge on any atom is 0.243 e. The van der Waals surface area contributed by atoms with Crippen LogP contribution in [0.2, 0.25) is 0 Å². The van der Waals surface area contributed by atoms with E-state index in [4.69, 9.17) is 5.84 Å². The topological polar surface area (TPSA) is 113 Å². The average Bonchev–Trinajstić information content (AvgIpc) is 2.48. The van der Waals surface area contributed by atoms with Crippen molar-refractivity contribution >= 4 is 16.0 Å². The van der Waals surface area contributed by atoms with Crippen molar-refractivity contribution in [3.05, 3.63) is 12.4 Å². The van der Waals surface area contributed by atoms with E-state index >= 15 is 0 Å². The van der Waals surface area contributed by atoms with Gasteiger partial charge in [-0.1, -0.05) is 0 Å². The Morgan fingerprint density at radius 2 is 1.90 bits per heavy atom. The Morgan fingerprint density at radius 1 is 1.25 bits per heavy atom. The molecule has 0 aliphatic carbocycles. The van der Waals surface area contributed by atoms with Gasteiger partial charge in [0, 0.05) is 12.6 Å². The van der Waals surface area contributed by atoms with Gasteiger partial charge in [-0.15, -0.1) is 0 Å². The summed E-state index contributed by atoms with van der Waals surface area (Å²) in [6.45, 7) is 2.93. The molecule has 1 unspecified atom stereocenters. The van der Waals surface area contributed by atoms with Crippen LogP contribution in [0.15, 0.2) is 17.3 Å². The van der Waals surface area contributed by atoms with Crippen LogP contribution in [0.1, 0.15) is 12.8 Å². The number of aromatic nitrogens is 2. The molecule has 3 saturated heterocycles. The van der Waals surface area contributed by atoms with Crippen LogP contribution >= 0.6 is 0 Å². The van der Waals surface area contributed by atoms with Crippen LogP contribution in [0.3, 0.4) is 0 Å². The largest absolute Gasteiger partial charge is 0.302 e. The molecule has 4 heterocycles. The molecule has 0 spiro atoms. The average molecular weight is 298 g/mol. The zero-order chi connectivity index (χ0) is 14.2. The first kappa shape index (κ1) is 13.7. The second kappa shape index (κ2) is 5.24. The molecule has 8 nitrogen and oxygen atoms in total. The fourth-order valence-electron chi connectivity index (χ4n) is 2.90. The van der Waals surface area contributed by atoms with Crippen molar-refractivity contribution in [3.8, 4) is 0 Å². The van der Waals surface area contributed by atoms with Crippen molar-refractivity contribution < 1.29 is 8.42 Å². The molecule has 3 fully saturated rings. The second-order valence-electron chi connectivity index (χ2n) is 5.25. The van der Waals surface area contributed by atoms with E-state index in [1.54, 1.807) is 0 Å². The van der Waals surface area contributed by atoms with E-state index in [1.807, 2.05) is 0 Å². The number of nitrogens with zero attached hydrogens (tertiary/aromatic N) is 3. The molecular weight excluding hydrogens is 280 g/mol. The Bertz CT molecular complexity index is 567. The van der Waals surface area contributed by atoms with Crippen LogP contribution in [0.4, 0.5) is 5.95 Å². The van der Waals surface area contributed by atoms with Gasteiger partial charge in [0.25, 0.3) is 0 Å². The molecular formula is C11H18N6O2S. The Morgan fingerprint density at radius 3 is 2.40 bits per heavy atom. The maximum atomic E-state index is 12.3. The van der Waals surface area contributed by atoms with Gasteiger partial charge < -0.3 is 4.90 Å². The predicted molar refractivity (Wildman–Crippen MR) is 73.1 cm³/mol. The summed E-state index contributed by atoms with van der Waals surface area (Å²) in [5.74, 6) is 5.77. The lowest BCUT2D eigenvalue weighted by Gasteiger charge is -2.44. The van der Waals surface area contributed by atoms with Gasteiger partial charge in [-0.2, -0.15) is 0 Å². The van der Waals surface area contributed by atoms with Gasteiger partial charge in [0.2, 0.25) is 16.0 Å². The number of hydrogen-bond donors (Lipinski definition) is 3. The lowest BCUT2D eigenvalue weighted by molar-refractivity contribution is 0.0827. The summed E-state index contributed by atoms with van der Waals surface area (Å²) in [7, 11) is -3.58.